The smallest absolute Gasteiger partial charge is 0.255 e. The van der Waals surface area contributed by atoms with Gasteiger partial charge in [0.05, 0.1) is 55.7 Å². The Labute approximate surface area is 367 Å². The van der Waals surface area contributed by atoms with Gasteiger partial charge < -0.3 is 61.9 Å². The lowest BCUT2D eigenvalue weighted by Crippen LogP contribution is -2.44. The molecule has 2 aromatic carbocycles. The number of nitrogens with zero attached hydrogens (tertiary/aromatic N) is 3. The maximum Gasteiger partial charge on any atom is 0.255 e. The van der Waals surface area contributed by atoms with Crippen molar-refractivity contribution in [3.05, 3.63) is 46.5 Å². The average Bonchev–Trinajstić information content (AvgIpc) is 3.25. The molecule has 0 saturated heterocycles. The fourth-order valence-corrected chi connectivity index (χ4v) is 7.95. The van der Waals surface area contributed by atoms with Crippen molar-refractivity contribution in [2.45, 2.75) is 114 Å². The molecule has 9 N–H and O–H groups in total. The van der Waals surface area contributed by atoms with Crippen LogP contribution in [0, 0.1) is 0 Å². The second kappa shape index (κ2) is 25.0. The monoisotopic (exact) mass is 866 g/mol. The fraction of sp³-hybridized carbons (Fsp3) is 0.622. The second-order valence-corrected chi connectivity index (χ2v) is 16.5. The normalized spacial score (nSPS) is 18.5. The van der Waals surface area contributed by atoms with Crippen molar-refractivity contribution in [3.63, 3.8) is 0 Å². The number of hydrogen-bond acceptors (Lipinski definition) is 11. The van der Waals surface area contributed by atoms with E-state index in [1.807, 2.05) is 38.0 Å². The molecule has 2 fully saturated rings. The highest BCUT2D eigenvalue weighted by Gasteiger charge is 2.30. The number of guanidine groups is 1. The van der Waals surface area contributed by atoms with Crippen LogP contribution in [0.1, 0.15) is 131 Å². The number of benzene rings is 2. The first-order valence-corrected chi connectivity index (χ1v) is 22.0. The van der Waals surface area contributed by atoms with E-state index < -0.39 is 11.8 Å². The van der Waals surface area contributed by atoms with Crippen molar-refractivity contribution in [1.82, 2.24) is 25.8 Å². The van der Waals surface area contributed by atoms with Crippen LogP contribution in [0.5, 0.6) is 23.0 Å². The molecule has 4 amide bonds. The summed E-state index contributed by atoms with van der Waals surface area (Å²) < 4.78 is 23.2. The minimum atomic E-state index is -0.717. The summed E-state index contributed by atoms with van der Waals surface area (Å²) in [6.07, 6.45) is 10.6. The number of amides is 4. The van der Waals surface area contributed by atoms with E-state index in [0.717, 1.165) is 70.2 Å². The largest absolute Gasteiger partial charge is 0.496 e. The molecule has 0 heterocycles. The molecule has 4 rings (SSSR count). The number of aliphatic imine (C=N–C) groups is 1. The molecule has 2 aliphatic rings. The van der Waals surface area contributed by atoms with Crippen molar-refractivity contribution in [2.75, 3.05) is 68.7 Å². The molecule has 17 heteroatoms. The number of carbonyl (C=O) groups excluding carboxylic acids is 4. The van der Waals surface area contributed by atoms with Gasteiger partial charge in [0, 0.05) is 58.4 Å². The lowest BCUT2D eigenvalue weighted by molar-refractivity contribution is 0.0886. The summed E-state index contributed by atoms with van der Waals surface area (Å²) >= 11 is 0. The van der Waals surface area contributed by atoms with E-state index in [1.54, 1.807) is 12.1 Å². The molecule has 17 nitrogen and oxygen atoms in total. The zero-order chi connectivity index (χ0) is 45.2. The van der Waals surface area contributed by atoms with E-state index in [-0.39, 0.29) is 69.7 Å². The van der Waals surface area contributed by atoms with Crippen molar-refractivity contribution in [3.8, 4) is 23.0 Å². The maximum absolute atomic E-state index is 13.8. The molecular formula is C45H71N9O8. The van der Waals surface area contributed by atoms with Gasteiger partial charge in [-0.2, -0.15) is 0 Å². The highest BCUT2D eigenvalue weighted by atomic mass is 16.5. The second-order valence-electron chi connectivity index (χ2n) is 16.5. The highest BCUT2D eigenvalue weighted by molar-refractivity contribution is 6.04. The first kappa shape index (κ1) is 49.4. The van der Waals surface area contributed by atoms with E-state index in [4.69, 9.17) is 41.1 Å². The van der Waals surface area contributed by atoms with Crippen LogP contribution < -0.4 is 52.1 Å². The Morgan fingerprint density at radius 1 is 0.565 bits per heavy atom. The highest BCUT2D eigenvalue weighted by Crippen LogP contribution is 2.33. The predicted octanol–water partition coefficient (Wildman–Crippen LogP) is 3.81. The van der Waals surface area contributed by atoms with Gasteiger partial charge in [-0.25, -0.2) is 4.99 Å². The summed E-state index contributed by atoms with van der Waals surface area (Å²) in [6.45, 7) is 1.88. The molecule has 2 aromatic rings. The number of unbranched alkanes of at least 4 members (excludes halogenated alkanes) is 4. The molecule has 0 radical (unpaired) electrons. The Kier molecular flexibility index (Phi) is 19.9. The summed E-state index contributed by atoms with van der Waals surface area (Å²) in [6, 6.07) is 5.86. The molecule has 344 valence electrons. The van der Waals surface area contributed by atoms with Crippen LogP contribution in [0.4, 0.5) is 0 Å². The topological polar surface area (TPSA) is 238 Å². The third-order valence-electron chi connectivity index (χ3n) is 11.3. The molecule has 0 bridgehead atoms. The van der Waals surface area contributed by atoms with Crippen LogP contribution in [0.25, 0.3) is 0 Å². The van der Waals surface area contributed by atoms with Crippen LogP contribution in [-0.2, 0) is 0 Å². The minimum Gasteiger partial charge on any atom is -0.496 e. The first-order valence-electron chi connectivity index (χ1n) is 22.0. The fourth-order valence-electron chi connectivity index (χ4n) is 7.95. The van der Waals surface area contributed by atoms with E-state index in [0.29, 0.717) is 63.5 Å². The van der Waals surface area contributed by atoms with Gasteiger partial charge >= 0.3 is 0 Å². The van der Waals surface area contributed by atoms with Gasteiger partial charge in [-0.15, -0.1) is 0 Å². The first-order chi connectivity index (χ1) is 29.8. The number of nitrogens with one attached hydrogen (secondary N) is 3. The van der Waals surface area contributed by atoms with Crippen LogP contribution in [-0.4, -0.2) is 132 Å². The summed E-state index contributed by atoms with van der Waals surface area (Å²) in [5, 5.41) is 9.37. The maximum atomic E-state index is 13.8. The van der Waals surface area contributed by atoms with E-state index in [9.17, 15) is 19.2 Å². The Bertz CT molecular complexity index is 1810. The standard InChI is InChI=1S/C45H71N9O8/c1-53(2)45(54(3)4)52-32-19-17-31(18-20-32)50-43(57)35-26-34(37(59-5)27-38(35)60-6)42(56)49-29-13-15-30(16-14-29)51-44(58)36-25-33(41(48)55)39(61-23-11-7-9-21-46)28-40(36)62-24-12-8-10-22-47/h25-32H,7-24,46-47H2,1-6H3,(H2,48,55)(H,49,56)(H,50,57)(H,51,58). The molecule has 0 aliphatic heterocycles. The van der Waals surface area contributed by atoms with Gasteiger partial charge in [0.15, 0.2) is 5.96 Å². The third kappa shape index (κ3) is 14.4. The molecule has 0 aromatic heterocycles. The van der Waals surface area contributed by atoms with Gasteiger partial charge in [0.2, 0.25) is 0 Å². The quantitative estimate of drug-likeness (QED) is 0.0563. The van der Waals surface area contributed by atoms with Gasteiger partial charge in [0.25, 0.3) is 23.6 Å². The van der Waals surface area contributed by atoms with Gasteiger partial charge in [-0.1, -0.05) is 0 Å². The molecule has 2 saturated carbocycles. The molecular weight excluding hydrogens is 795 g/mol. The number of nitrogens with two attached hydrogens (primary N) is 3. The van der Waals surface area contributed by atoms with Gasteiger partial charge in [0.1, 0.15) is 23.0 Å². The minimum absolute atomic E-state index is 0.0401. The number of rotatable bonds is 22. The summed E-state index contributed by atoms with van der Waals surface area (Å²) in [5.41, 5.74) is 17.8. The zero-order valence-corrected chi connectivity index (χ0v) is 37.7. The van der Waals surface area contributed by atoms with E-state index in [1.165, 1.54) is 26.4 Å². The van der Waals surface area contributed by atoms with Crippen molar-refractivity contribution in [1.29, 1.82) is 0 Å². The number of methoxy groups -OCH3 is 2. The SMILES string of the molecule is COc1cc(OC)c(C(=O)NC2CCC(NC(=O)c3cc(C(N)=O)c(OCCCCCN)cc3OCCCCCN)CC2)cc1C(=O)NC1CCC(N=C(N(C)C)N(C)C)CC1. The lowest BCUT2D eigenvalue weighted by Gasteiger charge is -2.30. The summed E-state index contributed by atoms with van der Waals surface area (Å²) in [7, 11) is 10.8. The van der Waals surface area contributed by atoms with Crippen molar-refractivity contribution < 1.29 is 38.1 Å². The molecule has 0 atom stereocenters. The van der Waals surface area contributed by atoms with Crippen LogP contribution >= 0.6 is 0 Å². The number of ether oxygens (including phenoxy) is 4. The average molecular weight is 866 g/mol. The molecule has 62 heavy (non-hydrogen) atoms. The number of primary amides is 1. The van der Waals surface area contributed by atoms with Crippen LogP contribution in [0.3, 0.4) is 0 Å². The predicted molar refractivity (Wildman–Crippen MR) is 241 cm³/mol. The molecule has 0 unspecified atom stereocenters. The Morgan fingerprint density at radius 2 is 0.935 bits per heavy atom. The third-order valence-corrected chi connectivity index (χ3v) is 11.3. The Morgan fingerprint density at radius 3 is 1.32 bits per heavy atom. The van der Waals surface area contributed by atoms with Crippen LogP contribution in [0.15, 0.2) is 29.3 Å². The lowest BCUT2D eigenvalue weighted by atomic mass is 9.90. The van der Waals surface area contributed by atoms with Crippen molar-refractivity contribution >= 4 is 29.6 Å². The van der Waals surface area contributed by atoms with Gasteiger partial charge in [-0.05, 0) is 115 Å². The van der Waals surface area contributed by atoms with Gasteiger partial charge in [-0.3, -0.25) is 19.2 Å². The summed E-state index contributed by atoms with van der Waals surface area (Å²) in [5.74, 6) is 0.236. The molecule has 0 spiro atoms. The Balaban J connectivity index is 1.39. The van der Waals surface area contributed by atoms with Crippen molar-refractivity contribution in [2.24, 2.45) is 22.2 Å². The molecule has 2 aliphatic carbocycles. The number of carbonyl (C=O) groups is 4. The van der Waals surface area contributed by atoms with Crippen LogP contribution in [0.2, 0.25) is 0 Å². The van der Waals surface area contributed by atoms with E-state index >= 15 is 0 Å². The Hall–Kier alpha value is -5.29. The summed E-state index contributed by atoms with van der Waals surface area (Å²) in [4.78, 5) is 62.8. The van der Waals surface area contributed by atoms with E-state index in [2.05, 4.69) is 16.0 Å². The number of hydrogen-bond donors (Lipinski definition) is 6. The zero-order valence-electron chi connectivity index (χ0n) is 37.7.